The molecule has 2 heterocycles. The number of carbonyl (C=O) groups is 1. The molecule has 1 aliphatic rings. The van der Waals surface area contributed by atoms with Gasteiger partial charge >= 0.3 is 0 Å². The van der Waals surface area contributed by atoms with E-state index < -0.39 is 0 Å². The summed E-state index contributed by atoms with van der Waals surface area (Å²) in [6, 6.07) is 7.88. The maximum atomic E-state index is 12.2. The van der Waals surface area contributed by atoms with E-state index in [-0.39, 0.29) is 24.0 Å². The molecule has 3 rings (SSSR count). The lowest BCUT2D eigenvalue weighted by molar-refractivity contribution is 0.102. The van der Waals surface area contributed by atoms with Crippen LogP contribution in [0.15, 0.2) is 35.1 Å². The molecule has 22 heavy (non-hydrogen) atoms. The molecule has 0 fully saturated rings. The highest BCUT2D eigenvalue weighted by Crippen LogP contribution is 2.34. The number of ether oxygens (including phenoxy) is 2. The van der Waals surface area contributed by atoms with E-state index in [0.717, 1.165) is 6.42 Å². The van der Waals surface area contributed by atoms with Crippen molar-refractivity contribution in [2.24, 2.45) is 0 Å². The second-order valence-electron chi connectivity index (χ2n) is 4.80. The highest BCUT2D eigenvalue weighted by Gasteiger charge is 2.15. The molecule has 0 atom stereocenters. The van der Waals surface area contributed by atoms with Crippen LogP contribution >= 0.6 is 0 Å². The molecule has 114 valence electrons. The predicted molar refractivity (Wildman–Crippen MR) is 79.3 cm³/mol. The molecule has 1 aromatic carbocycles. The van der Waals surface area contributed by atoms with Crippen LogP contribution in [0.2, 0.25) is 0 Å². The first-order chi connectivity index (χ1) is 10.7. The van der Waals surface area contributed by atoms with Gasteiger partial charge in [0.15, 0.2) is 11.5 Å². The van der Waals surface area contributed by atoms with Crippen molar-refractivity contribution in [3.8, 4) is 11.5 Å². The predicted octanol–water partition coefficient (Wildman–Crippen LogP) is 1.63. The first-order valence-corrected chi connectivity index (χ1v) is 6.96. The van der Waals surface area contributed by atoms with Crippen molar-refractivity contribution in [3.05, 3.63) is 46.4 Å². The lowest BCUT2D eigenvalue weighted by Crippen LogP contribution is -2.26. The number of aryl methyl sites for hydroxylation is 1. The van der Waals surface area contributed by atoms with Crippen molar-refractivity contribution in [2.45, 2.75) is 19.9 Å². The van der Waals surface area contributed by atoms with E-state index in [2.05, 4.69) is 10.4 Å². The third kappa shape index (κ3) is 2.78. The summed E-state index contributed by atoms with van der Waals surface area (Å²) in [6.45, 7) is 2.59. The lowest BCUT2D eigenvalue weighted by Gasteiger charge is -2.07. The Morgan fingerprint density at radius 2 is 2.09 bits per heavy atom. The maximum absolute atomic E-state index is 12.2. The largest absolute Gasteiger partial charge is 0.454 e. The molecule has 0 unspecified atom stereocenters. The van der Waals surface area contributed by atoms with E-state index in [1.807, 2.05) is 6.92 Å². The third-order valence-corrected chi connectivity index (χ3v) is 3.17. The lowest BCUT2D eigenvalue weighted by atomic mass is 10.2. The fraction of sp³-hybridized carbons (Fsp3) is 0.267. The van der Waals surface area contributed by atoms with E-state index in [0.29, 0.717) is 23.7 Å². The van der Waals surface area contributed by atoms with Crippen LogP contribution in [0, 0.1) is 0 Å². The van der Waals surface area contributed by atoms with Crippen molar-refractivity contribution < 1.29 is 14.3 Å². The fourth-order valence-electron chi connectivity index (χ4n) is 2.11. The number of hydrogen-bond acceptors (Lipinski definition) is 5. The zero-order chi connectivity index (χ0) is 15.5. The molecule has 7 nitrogen and oxygen atoms in total. The number of carbonyl (C=O) groups excluding carboxylic acids is 1. The molecular weight excluding hydrogens is 286 g/mol. The molecule has 1 amide bonds. The van der Waals surface area contributed by atoms with Gasteiger partial charge in [-0.05, 0) is 24.6 Å². The van der Waals surface area contributed by atoms with Crippen LogP contribution in [0.5, 0.6) is 11.5 Å². The molecular formula is C15H15N3O4. The van der Waals surface area contributed by atoms with E-state index in [4.69, 9.17) is 9.47 Å². The number of benzene rings is 1. The SMILES string of the molecule is CCCn1nc(C(=O)Nc2ccc3c(c2)OCO3)ccc1=O. The Kier molecular flexibility index (Phi) is 3.78. The first kappa shape index (κ1) is 14.1. The zero-order valence-electron chi connectivity index (χ0n) is 12.0. The standard InChI is InChI=1S/C15H15N3O4/c1-2-7-18-14(19)6-4-11(17-18)15(20)16-10-3-5-12-13(8-10)22-9-21-12/h3-6,8H,2,7,9H2,1H3,(H,16,20). The van der Waals surface area contributed by atoms with Crippen molar-refractivity contribution in [2.75, 3.05) is 12.1 Å². The second-order valence-corrected chi connectivity index (χ2v) is 4.80. The molecule has 0 radical (unpaired) electrons. The summed E-state index contributed by atoms with van der Waals surface area (Å²) in [5, 5.41) is 6.79. The number of nitrogens with one attached hydrogen (secondary N) is 1. The van der Waals surface area contributed by atoms with E-state index >= 15 is 0 Å². The van der Waals surface area contributed by atoms with Crippen LogP contribution in [0.25, 0.3) is 0 Å². The molecule has 0 saturated heterocycles. The summed E-state index contributed by atoms with van der Waals surface area (Å²) >= 11 is 0. The Balaban J connectivity index is 1.79. The molecule has 0 bridgehead atoms. The van der Waals surface area contributed by atoms with Crippen LogP contribution < -0.4 is 20.3 Å². The monoisotopic (exact) mass is 301 g/mol. The summed E-state index contributed by atoms with van der Waals surface area (Å²) in [5.74, 6) is 0.845. The summed E-state index contributed by atoms with van der Waals surface area (Å²) in [4.78, 5) is 23.8. The zero-order valence-corrected chi connectivity index (χ0v) is 12.0. The number of nitrogens with zero attached hydrogens (tertiary/aromatic N) is 2. The molecule has 0 spiro atoms. The summed E-state index contributed by atoms with van der Waals surface area (Å²) < 4.78 is 11.8. The van der Waals surface area contributed by atoms with Gasteiger partial charge in [-0.25, -0.2) is 4.68 Å². The topological polar surface area (TPSA) is 82.5 Å². The van der Waals surface area contributed by atoms with Gasteiger partial charge in [-0.3, -0.25) is 9.59 Å². The number of rotatable bonds is 4. The Hall–Kier alpha value is -2.83. The van der Waals surface area contributed by atoms with Gasteiger partial charge < -0.3 is 14.8 Å². The highest BCUT2D eigenvalue weighted by atomic mass is 16.7. The number of amides is 1. The Labute approximate surface area is 126 Å². The molecule has 2 aromatic rings. The van der Waals surface area contributed by atoms with Crippen molar-refractivity contribution in [1.82, 2.24) is 9.78 Å². The molecule has 0 aliphatic carbocycles. The highest BCUT2D eigenvalue weighted by molar-refractivity contribution is 6.02. The quantitative estimate of drug-likeness (QED) is 0.928. The van der Waals surface area contributed by atoms with Gasteiger partial charge in [0, 0.05) is 24.4 Å². The van der Waals surface area contributed by atoms with Crippen LogP contribution in [-0.2, 0) is 6.54 Å². The molecule has 1 N–H and O–H groups in total. The van der Waals surface area contributed by atoms with Crippen LogP contribution in [0.3, 0.4) is 0 Å². The van der Waals surface area contributed by atoms with Gasteiger partial charge in [0.2, 0.25) is 6.79 Å². The van der Waals surface area contributed by atoms with Crippen LogP contribution in [0.4, 0.5) is 5.69 Å². The Morgan fingerprint density at radius 1 is 1.27 bits per heavy atom. The Bertz CT molecular complexity index is 770. The Morgan fingerprint density at radius 3 is 2.91 bits per heavy atom. The van der Waals surface area contributed by atoms with E-state index in [1.54, 1.807) is 18.2 Å². The maximum Gasteiger partial charge on any atom is 0.276 e. The van der Waals surface area contributed by atoms with Gasteiger partial charge in [-0.1, -0.05) is 6.92 Å². The summed E-state index contributed by atoms with van der Waals surface area (Å²) in [5.41, 5.74) is 0.538. The third-order valence-electron chi connectivity index (χ3n) is 3.17. The average Bonchev–Trinajstić information content (AvgIpc) is 2.97. The number of aromatic nitrogens is 2. The number of anilines is 1. The number of hydrogen-bond donors (Lipinski definition) is 1. The smallest absolute Gasteiger partial charge is 0.276 e. The van der Waals surface area contributed by atoms with Gasteiger partial charge in [-0.2, -0.15) is 5.10 Å². The van der Waals surface area contributed by atoms with Crippen LogP contribution in [-0.4, -0.2) is 22.5 Å². The van der Waals surface area contributed by atoms with Gasteiger partial charge in [0.25, 0.3) is 11.5 Å². The van der Waals surface area contributed by atoms with Crippen molar-refractivity contribution in [3.63, 3.8) is 0 Å². The van der Waals surface area contributed by atoms with Gasteiger partial charge in [0.05, 0.1) is 0 Å². The molecule has 0 saturated carbocycles. The molecule has 7 heteroatoms. The van der Waals surface area contributed by atoms with Crippen molar-refractivity contribution >= 4 is 11.6 Å². The van der Waals surface area contributed by atoms with Crippen LogP contribution in [0.1, 0.15) is 23.8 Å². The van der Waals surface area contributed by atoms with Gasteiger partial charge in [-0.15, -0.1) is 0 Å². The summed E-state index contributed by atoms with van der Waals surface area (Å²) in [6.07, 6.45) is 0.764. The number of fused-ring (bicyclic) bond motifs is 1. The van der Waals surface area contributed by atoms with E-state index in [9.17, 15) is 9.59 Å². The second kappa shape index (κ2) is 5.88. The summed E-state index contributed by atoms with van der Waals surface area (Å²) in [7, 11) is 0. The van der Waals surface area contributed by atoms with Gasteiger partial charge in [0.1, 0.15) is 5.69 Å². The minimum Gasteiger partial charge on any atom is -0.454 e. The minimum absolute atomic E-state index is 0.177. The minimum atomic E-state index is -0.385. The first-order valence-electron chi connectivity index (χ1n) is 6.96. The fourth-order valence-corrected chi connectivity index (χ4v) is 2.11. The normalized spacial score (nSPS) is 12.2. The molecule has 1 aliphatic heterocycles. The van der Waals surface area contributed by atoms with Crippen molar-refractivity contribution in [1.29, 1.82) is 0 Å². The van der Waals surface area contributed by atoms with E-state index in [1.165, 1.54) is 16.8 Å². The molecule has 1 aromatic heterocycles. The average molecular weight is 301 g/mol.